The molecule has 1 N–H and O–H groups in total. The van der Waals surface area contributed by atoms with Crippen LogP contribution < -0.4 is 21.7 Å². The third kappa shape index (κ3) is 2.17. The summed E-state index contributed by atoms with van der Waals surface area (Å²) in [5.41, 5.74) is 2.07. The Balaban J connectivity index is 0.00000133. The van der Waals surface area contributed by atoms with E-state index >= 15 is 0 Å². The molecule has 0 unspecified atom stereocenters. The zero-order valence-electron chi connectivity index (χ0n) is 10.7. The van der Waals surface area contributed by atoms with Gasteiger partial charge in [0.1, 0.15) is 18.5 Å². The molecule has 3 nitrogen and oxygen atoms in total. The van der Waals surface area contributed by atoms with Gasteiger partial charge < -0.3 is 22.3 Å². The summed E-state index contributed by atoms with van der Waals surface area (Å²) in [4.78, 5) is 0. The van der Waals surface area contributed by atoms with E-state index in [-0.39, 0.29) is 18.2 Å². The van der Waals surface area contributed by atoms with Crippen molar-refractivity contribution in [1.82, 2.24) is 0 Å². The lowest BCUT2D eigenvalue weighted by Gasteiger charge is -2.04. The average molecular weight is 276 g/mol. The van der Waals surface area contributed by atoms with Crippen molar-refractivity contribution in [2.45, 2.75) is 0 Å². The van der Waals surface area contributed by atoms with Gasteiger partial charge in [-0.25, -0.2) is 0 Å². The molecule has 0 saturated carbocycles. The van der Waals surface area contributed by atoms with E-state index in [4.69, 9.17) is 4.74 Å². The molecule has 3 aromatic rings. The molecule has 19 heavy (non-hydrogen) atoms. The zero-order valence-corrected chi connectivity index (χ0v) is 11.5. The minimum Gasteiger partial charge on any atom is -1.00 e. The number of nitrogens with zero attached hydrogens (tertiary/aromatic N) is 1. The summed E-state index contributed by atoms with van der Waals surface area (Å²) in [6.45, 7) is 0. The van der Waals surface area contributed by atoms with Gasteiger partial charge in [0.05, 0.1) is 19.2 Å². The monoisotopic (exact) mass is 275 g/mol. The summed E-state index contributed by atoms with van der Waals surface area (Å²) in [5, 5.41) is 11.8. The number of ether oxygens (including phenoxy) is 1. The molecule has 0 aliphatic carbocycles. The van der Waals surface area contributed by atoms with Crippen LogP contribution in [0.2, 0.25) is 0 Å². The van der Waals surface area contributed by atoms with Crippen LogP contribution in [0.1, 0.15) is 0 Å². The van der Waals surface area contributed by atoms with Crippen LogP contribution in [0.25, 0.3) is 21.8 Å². The van der Waals surface area contributed by atoms with Crippen molar-refractivity contribution >= 4 is 21.8 Å². The topological polar surface area (TPSA) is 33.3 Å². The normalized spacial score (nSPS) is 10.4. The molecule has 0 saturated heterocycles. The van der Waals surface area contributed by atoms with Gasteiger partial charge in [-0.15, -0.1) is 0 Å². The second kappa shape index (κ2) is 4.94. The van der Waals surface area contributed by atoms with Gasteiger partial charge in [-0.3, -0.25) is 0 Å². The van der Waals surface area contributed by atoms with Crippen molar-refractivity contribution in [3.63, 3.8) is 0 Å². The minimum absolute atomic E-state index is 0. The Morgan fingerprint density at radius 1 is 0.947 bits per heavy atom. The van der Waals surface area contributed by atoms with Gasteiger partial charge in [0.25, 0.3) is 0 Å². The molecule has 0 spiro atoms. The predicted molar refractivity (Wildman–Crippen MR) is 70.8 cm³/mol. The van der Waals surface area contributed by atoms with Gasteiger partial charge in [-0.1, -0.05) is 0 Å². The fraction of sp³-hybridized carbons (Fsp3) is 0.133. The number of aryl methyl sites for hydroxylation is 1. The second-order valence-electron chi connectivity index (χ2n) is 4.37. The summed E-state index contributed by atoms with van der Waals surface area (Å²) >= 11 is 0. The van der Waals surface area contributed by atoms with E-state index in [9.17, 15) is 5.11 Å². The number of phenols is 1. The lowest BCUT2D eigenvalue weighted by atomic mass is 10.1. The molecule has 4 heteroatoms. The van der Waals surface area contributed by atoms with Gasteiger partial charge >= 0.3 is 0 Å². The van der Waals surface area contributed by atoms with E-state index in [1.807, 2.05) is 31.3 Å². The Labute approximate surface area is 117 Å². The Morgan fingerprint density at radius 2 is 1.58 bits per heavy atom. The number of pyridine rings is 1. The molecule has 0 amide bonds. The molecular weight excluding hydrogens is 262 g/mol. The third-order valence-corrected chi connectivity index (χ3v) is 3.29. The van der Waals surface area contributed by atoms with Crippen LogP contribution in [0.5, 0.6) is 11.5 Å². The summed E-state index contributed by atoms with van der Waals surface area (Å²) < 4.78 is 7.31. The van der Waals surface area contributed by atoms with Crippen molar-refractivity contribution in [1.29, 1.82) is 0 Å². The van der Waals surface area contributed by atoms with Crippen LogP contribution in [-0.2, 0) is 7.05 Å². The molecule has 3 rings (SSSR count). The molecule has 0 fully saturated rings. The number of rotatable bonds is 1. The standard InChI is InChI=1S/C15H13NO2.ClH/c1-16-14-8-12(17)5-3-10(14)7-11-4-6-13(18-2)9-15(11)16;/h3-9H,1-2H3;1H. The van der Waals surface area contributed by atoms with Crippen LogP contribution in [0.3, 0.4) is 0 Å². The maximum absolute atomic E-state index is 9.59. The molecule has 0 aliphatic rings. The van der Waals surface area contributed by atoms with Gasteiger partial charge in [0.15, 0.2) is 0 Å². The fourth-order valence-electron chi connectivity index (χ4n) is 2.30. The predicted octanol–water partition coefficient (Wildman–Crippen LogP) is -0.464. The molecular formula is C15H14ClNO2. The van der Waals surface area contributed by atoms with Crippen LogP contribution in [0.4, 0.5) is 0 Å². The Morgan fingerprint density at radius 3 is 2.26 bits per heavy atom. The lowest BCUT2D eigenvalue weighted by molar-refractivity contribution is -0.617. The molecule has 0 aliphatic heterocycles. The number of aromatic hydroxyl groups is 1. The van der Waals surface area contributed by atoms with Crippen molar-refractivity contribution in [2.24, 2.45) is 7.05 Å². The maximum Gasteiger partial charge on any atom is 0.216 e. The van der Waals surface area contributed by atoms with Crippen LogP contribution in [0, 0.1) is 0 Å². The lowest BCUT2D eigenvalue weighted by Crippen LogP contribution is -3.00. The van der Waals surface area contributed by atoms with Crippen molar-refractivity contribution in [3.8, 4) is 11.5 Å². The molecule has 1 heterocycles. The second-order valence-corrected chi connectivity index (χ2v) is 4.37. The third-order valence-electron chi connectivity index (χ3n) is 3.29. The summed E-state index contributed by atoms with van der Waals surface area (Å²) in [6, 6.07) is 13.5. The van der Waals surface area contributed by atoms with Crippen molar-refractivity contribution in [2.75, 3.05) is 7.11 Å². The number of fused-ring (bicyclic) bond motifs is 2. The first-order valence-electron chi connectivity index (χ1n) is 5.78. The number of phenolic OH excluding ortho intramolecular Hbond substituents is 1. The van der Waals surface area contributed by atoms with E-state index in [2.05, 4.69) is 10.6 Å². The smallest absolute Gasteiger partial charge is 0.216 e. The van der Waals surface area contributed by atoms with Crippen LogP contribution >= 0.6 is 0 Å². The molecule has 0 atom stereocenters. The average Bonchev–Trinajstić information content (AvgIpc) is 2.40. The molecule has 0 bridgehead atoms. The highest BCUT2D eigenvalue weighted by Crippen LogP contribution is 2.23. The van der Waals surface area contributed by atoms with E-state index in [1.54, 1.807) is 19.2 Å². The van der Waals surface area contributed by atoms with Crippen molar-refractivity contribution in [3.05, 3.63) is 42.5 Å². The summed E-state index contributed by atoms with van der Waals surface area (Å²) in [5.74, 6) is 1.11. The Hall–Kier alpha value is -2.00. The number of methoxy groups -OCH3 is 1. The van der Waals surface area contributed by atoms with E-state index in [1.165, 1.54) is 0 Å². The number of hydrogen-bond donors (Lipinski definition) is 1. The van der Waals surface area contributed by atoms with Gasteiger partial charge in [0.2, 0.25) is 11.0 Å². The first kappa shape index (κ1) is 13.4. The fourth-order valence-corrected chi connectivity index (χ4v) is 2.30. The van der Waals surface area contributed by atoms with Gasteiger partial charge in [-0.05, 0) is 30.3 Å². The molecule has 0 radical (unpaired) electrons. The highest BCUT2D eigenvalue weighted by molar-refractivity contribution is 5.89. The highest BCUT2D eigenvalue weighted by atomic mass is 35.5. The number of hydrogen-bond acceptors (Lipinski definition) is 2. The van der Waals surface area contributed by atoms with E-state index < -0.39 is 0 Å². The van der Waals surface area contributed by atoms with Gasteiger partial charge in [0, 0.05) is 10.8 Å². The summed E-state index contributed by atoms with van der Waals surface area (Å²) in [6.07, 6.45) is 0. The molecule has 2 aromatic carbocycles. The Kier molecular flexibility index (Phi) is 3.49. The Bertz CT molecular complexity index is 756. The van der Waals surface area contributed by atoms with Crippen molar-refractivity contribution < 1.29 is 26.8 Å². The van der Waals surface area contributed by atoms with E-state index in [0.717, 1.165) is 27.6 Å². The SMILES string of the molecule is COc1ccc2cc3ccc(O)cc3[n+](C)c2c1.[Cl-]. The number of benzene rings is 2. The van der Waals surface area contributed by atoms with Crippen LogP contribution in [0.15, 0.2) is 42.5 Å². The summed E-state index contributed by atoms with van der Waals surface area (Å²) in [7, 11) is 3.65. The van der Waals surface area contributed by atoms with Gasteiger partial charge in [-0.2, -0.15) is 4.57 Å². The maximum atomic E-state index is 9.59. The van der Waals surface area contributed by atoms with Crippen LogP contribution in [-0.4, -0.2) is 12.2 Å². The first-order chi connectivity index (χ1) is 8.69. The minimum atomic E-state index is 0. The van der Waals surface area contributed by atoms with E-state index in [0.29, 0.717) is 0 Å². The highest BCUT2D eigenvalue weighted by Gasteiger charge is 2.12. The largest absolute Gasteiger partial charge is 1.00 e. The molecule has 1 aromatic heterocycles. The number of aromatic nitrogens is 1. The quantitative estimate of drug-likeness (QED) is 0.481. The zero-order chi connectivity index (χ0) is 12.7. The first-order valence-corrected chi connectivity index (χ1v) is 5.78. The molecule has 98 valence electrons. The number of halogens is 1.